The van der Waals surface area contributed by atoms with Gasteiger partial charge in [0.25, 0.3) is 5.56 Å². The van der Waals surface area contributed by atoms with Gasteiger partial charge in [-0.15, -0.1) is 21.5 Å². The molecule has 1 saturated heterocycles. The Morgan fingerprint density at radius 1 is 1.09 bits per heavy atom. The minimum absolute atomic E-state index is 0.0463. The fourth-order valence-corrected chi connectivity index (χ4v) is 5.39. The third-order valence-electron chi connectivity index (χ3n) is 6.49. The van der Waals surface area contributed by atoms with Gasteiger partial charge in [0.1, 0.15) is 10.4 Å². The van der Waals surface area contributed by atoms with Gasteiger partial charge in [0.15, 0.2) is 5.82 Å². The van der Waals surface area contributed by atoms with Gasteiger partial charge in [-0.1, -0.05) is 12.1 Å². The predicted octanol–water partition coefficient (Wildman–Crippen LogP) is 2.32. The van der Waals surface area contributed by atoms with Gasteiger partial charge in [-0.2, -0.15) is 0 Å². The smallest absolute Gasteiger partial charge is 0.272 e. The Morgan fingerprint density at radius 2 is 1.91 bits per heavy atom. The van der Waals surface area contributed by atoms with Crippen LogP contribution in [0.3, 0.4) is 0 Å². The number of hydrogen-bond acceptors (Lipinski definition) is 7. The van der Waals surface area contributed by atoms with Crippen molar-refractivity contribution in [3.8, 4) is 5.75 Å². The summed E-state index contributed by atoms with van der Waals surface area (Å²) < 4.78 is 9.45. The van der Waals surface area contributed by atoms with Gasteiger partial charge in [-0.3, -0.25) is 23.5 Å². The van der Waals surface area contributed by atoms with E-state index in [1.165, 1.54) is 11.3 Å². The van der Waals surface area contributed by atoms with Crippen molar-refractivity contribution in [2.24, 2.45) is 7.05 Å². The van der Waals surface area contributed by atoms with Crippen LogP contribution < -0.4 is 10.3 Å². The SMILES string of the molecule is COc1ccc(CCC(=O)N2CCCN(Cc3nnc4n(C)c(=O)c5sccc5n34)CC2)cc1. The zero-order chi connectivity index (χ0) is 23.7. The van der Waals surface area contributed by atoms with Crippen LogP contribution in [0.15, 0.2) is 40.5 Å². The van der Waals surface area contributed by atoms with Gasteiger partial charge in [0.05, 0.1) is 19.2 Å². The van der Waals surface area contributed by atoms with Gasteiger partial charge in [-0.25, -0.2) is 0 Å². The van der Waals surface area contributed by atoms with Crippen molar-refractivity contribution in [1.82, 2.24) is 29.0 Å². The van der Waals surface area contributed by atoms with Crippen molar-refractivity contribution in [2.75, 3.05) is 33.3 Å². The van der Waals surface area contributed by atoms with Gasteiger partial charge in [-0.05, 0) is 42.0 Å². The summed E-state index contributed by atoms with van der Waals surface area (Å²) in [5.41, 5.74) is 1.95. The molecule has 4 aromatic rings. The molecule has 1 aliphatic heterocycles. The van der Waals surface area contributed by atoms with E-state index in [1.807, 2.05) is 45.0 Å². The minimum atomic E-state index is -0.0463. The van der Waals surface area contributed by atoms with E-state index in [2.05, 4.69) is 15.1 Å². The number of nitrogens with zero attached hydrogens (tertiary/aromatic N) is 6. The van der Waals surface area contributed by atoms with Gasteiger partial charge >= 0.3 is 0 Å². The number of rotatable bonds is 6. The van der Waals surface area contributed by atoms with Crippen LogP contribution in [0.25, 0.3) is 16.0 Å². The average molecular weight is 481 g/mol. The summed E-state index contributed by atoms with van der Waals surface area (Å²) in [5, 5.41) is 10.6. The highest BCUT2D eigenvalue weighted by Gasteiger charge is 2.22. The van der Waals surface area contributed by atoms with Crippen molar-refractivity contribution >= 4 is 33.2 Å². The highest BCUT2D eigenvalue weighted by atomic mass is 32.1. The van der Waals surface area contributed by atoms with Crippen molar-refractivity contribution in [3.63, 3.8) is 0 Å². The van der Waals surface area contributed by atoms with E-state index in [-0.39, 0.29) is 11.5 Å². The molecule has 0 bridgehead atoms. The number of fused-ring (bicyclic) bond motifs is 3. The second-order valence-electron chi connectivity index (χ2n) is 8.61. The number of methoxy groups -OCH3 is 1. The fraction of sp³-hybridized carbons (Fsp3) is 0.417. The first-order valence-electron chi connectivity index (χ1n) is 11.5. The number of aromatic nitrogens is 4. The Kier molecular flexibility index (Phi) is 6.34. The maximum atomic E-state index is 12.9. The van der Waals surface area contributed by atoms with E-state index in [9.17, 15) is 9.59 Å². The Labute approximate surface area is 201 Å². The standard InChI is InChI=1S/C24H28N6O3S/c1-27-23(32)22-19(10-15-34-22)30-20(25-26-24(27)30)16-28-11-3-12-29(14-13-28)21(31)9-6-17-4-7-18(33-2)8-5-17/h4-5,7-8,10,15H,3,6,9,11-14,16H2,1-2H3. The summed E-state index contributed by atoms with van der Waals surface area (Å²) in [6.45, 7) is 3.75. The van der Waals surface area contributed by atoms with Crippen molar-refractivity contribution in [1.29, 1.82) is 0 Å². The van der Waals surface area contributed by atoms with Crippen LogP contribution >= 0.6 is 11.3 Å². The molecule has 1 aromatic carbocycles. The molecular weight excluding hydrogens is 452 g/mol. The van der Waals surface area contributed by atoms with Crippen LogP contribution in [0.5, 0.6) is 5.75 Å². The normalized spacial score (nSPS) is 15.2. The monoisotopic (exact) mass is 480 g/mol. The molecule has 1 fully saturated rings. The number of hydrogen-bond donors (Lipinski definition) is 0. The lowest BCUT2D eigenvalue weighted by Gasteiger charge is -2.21. The molecule has 0 atom stereocenters. The molecule has 1 aliphatic rings. The van der Waals surface area contributed by atoms with Crippen LogP contribution in [0.2, 0.25) is 0 Å². The molecule has 0 N–H and O–H groups in total. The molecule has 5 rings (SSSR count). The topological polar surface area (TPSA) is 85.0 Å². The van der Waals surface area contributed by atoms with E-state index in [0.717, 1.165) is 55.1 Å². The molecule has 0 spiro atoms. The summed E-state index contributed by atoms with van der Waals surface area (Å²) >= 11 is 1.44. The largest absolute Gasteiger partial charge is 0.497 e. The van der Waals surface area contributed by atoms with Crippen molar-refractivity contribution in [2.45, 2.75) is 25.8 Å². The second-order valence-corrected chi connectivity index (χ2v) is 9.53. The van der Waals surface area contributed by atoms with Crippen molar-refractivity contribution in [3.05, 3.63) is 57.5 Å². The quantitative estimate of drug-likeness (QED) is 0.421. The summed E-state index contributed by atoms with van der Waals surface area (Å²) in [6.07, 6.45) is 2.15. The maximum absolute atomic E-state index is 12.9. The van der Waals surface area contributed by atoms with Gasteiger partial charge < -0.3 is 9.64 Å². The summed E-state index contributed by atoms with van der Waals surface area (Å²) in [7, 11) is 3.38. The molecular formula is C24H28N6O3S. The Balaban J connectivity index is 1.23. The lowest BCUT2D eigenvalue weighted by molar-refractivity contribution is -0.131. The number of amides is 1. The lowest BCUT2D eigenvalue weighted by Crippen LogP contribution is -2.35. The van der Waals surface area contributed by atoms with Crippen LogP contribution in [0.1, 0.15) is 24.2 Å². The second kappa shape index (κ2) is 9.55. The molecule has 3 aromatic heterocycles. The van der Waals surface area contributed by atoms with E-state index in [1.54, 1.807) is 18.7 Å². The first kappa shape index (κ1) is 22.5. The fourth-order valence-electron chi connectivity index (χ4n) is 4.54. The van der Waals surface area contributed by atoms with Crippen LogP contribution in [0.4, 0.5) is 0 Å². The number of thiophene rings is 1. The molecule has 0 saturated carbocycles. The van der Waals surface area contributed by atoms with Crippen LogP contribution in [0, 0.1) is 0 Å². The highest BCUT2D eigenvalue weighted by Crippen LogP contribution is 2.20. The summed E-state index contributed by atoms with van der Waals surface area (Å²) in [4.78, 5) is 29.7. The summed E-state index contributed by atoms with van der Waals surface area (Å²) in [5.74, 6) is 2.38. The van der Waals surface area contributed by atoms with E-state index in [4.69, 9.17) is 4.74 Å². The van der Waals surface area contributed by atoms with E-state index >= 15 is 0 Å². The van der Waals surface area contributed by atoms with E-state index < -0.39 is 0 Å². The Bertz CT molecular complexity index is 1370. The summed E-state index contributed by atoms with van der Waals surface area (Å²) in [6, 6.07) is 9.84. The first-order valence-corrected chi connectivity index (χ1v) is 12.4. The molecule has 9 nitrogen and oxygen atoms in total. The molecule has 34 heavy (non-hydrogen) atoms. The molecule has 1 amide bonds. The van der Waals surface area contributed by atoms with Gasteiger partial charge in [0.2, 0.25) is 11.7 Å². The lowest BCUT2D eigenvalue weighted by atomic mass is 10.1. The third kappa shape index (κ3) is 4.30. The Morgan fingerprint density at radius 3 is 2.71 bits per heavy atom. The van der Waals surface area contributed by atoms with Crippen LogP contribution in [-0.4, -0.2) is 68.2 Å². The van der Waals surface area contributed by atoms with Crippen LogP contribution in [-0.2, 0) is 24.8 Å². The highest BCUT2D eigenvalue weighted by molar-refractivity contribution is 7.17. The molecule has 0 radical (unpaired) electrons. The molecule has 10 heteroatoms. The zero-order valence-electron chi connectivity index (χ0n) is 19.4. The van der Waals surface area contributed by atoms with Gasteiger partial charge in [0, 0.05) is 39.6 Å². The molecule has 178 valence electrons. The average Bonchev–Trinajstić information content (AvgIpc) is 3.43. The number of benzene rings is 1. The number of aryl methyl sites for hydroxylation is 2. The number of carbonyl (C=O) groups excluding carboxylic acids is 1. The number of carbonyl (C=O) groups is 1. The molecule has 0 aliphatic carbocycles. The minimum Gasteiger partial charge on any atom is -0.497 e. The third-order valence-corrected chi connectivity index (χ3v) is 7.38. The number of ether oxygens (including phenoxy) is 1. The predicted molar refractivity (Wildman–Crippen MR) is 131 cm³/mol. The zero-order valence-corrected chi connectivity index (χ0v) is 20.3. The molecule has 4 heterocycles. The maximum Gasteiger partial charge on any atom is 0.272 e. The van der Waals surface area contributed by atoms with Crippen molar-refractivity contribution < 1.29 is 9.53 Å². The first-order chi connectivity index (χ1) is 16.5. The molecule has 0 unspecified atom stereocenters. The van der Waals surface area contributed by atoms with E-state index in [0.29, 0.717) is 30.0 Å². The Hall–Kier alpha value is -3.24.